The van der Waals surface area contributed by atoms with Gasteiger partial charge in [0.05, 0.1) is 25.0 Å². The highest BCUT2D eigenvalue weighted by Gasteiger charge is 2.63. The van der Waals surface area contributed by atoms with Crippen LogP contribution in [0.3, 0.4) is 0 Å². The molecular weight excluding hydrogens is 378 g/mol. The predicted octanol–water partition coefficient (Wildman–Crippen LogP) is -1.13. The van der Waals surface area contributed by atoms with Gasteiger partial charge in [-0.15, -0.1) is 0 Å². The Balaban J connectivity index is 1.79. The first-order chi connectivity index (χ1) is 14.0. The summed E-state index contributed by atoms with van der Waals surface area (Å²) < 4.78 is 7.62. The van der Waals surface area contributed by atoms with Gasteiger partial charge in [-0.2, -0.15) is 0 Å². The number of imidazole rings is 1. The third kappa shape index (κ3) is 2.38. The number of hydrogen-bond acceptors (Lipinski definition) is 9. The van der Waals surface area contributed by atoms with Crippen molar-refractivity contribution >= 4 is 17.0 Å². The van der Waals surface area contributed by atoms with Crippen LogP contribution in [0.1, 0.15) is 17.0 Å². The van der Waals surface area contributed by atoms with Crippen molar-refractivity contribution in [3.63, 3.8) is 0 Å². The molecule has 5 rings (SSSR count). The Morgan fingerprint density at radius 1 is 1.17 bits per heavy atom. The van der Waals surface area contributed by atoms with Crippen molar-refractivity contribution in [1.29, 1.82) is 0 Å². The van der Waals surface area contributed by atoms with Gasteiger partial charge < -0.3 is 30.9 Å². The van der Waals surface area contributed by atoms with Crippen molar-refractivity contribution in [1.82, 2.24) is 19.5 Å². The fourth-order valence-electron chi connectivity index (χ4n) is 4.76. The van der Waals surface area contributed by atoms with Gasteiger partial charge in [-0.25, -0.2) is 15.0 Å². The molecule has 3 heterocycles. The second kappa shape index (κ2) is 6.44. The second-order valence-corrected chi connectivity index (χ2v) is 7.52. The molecule has 0 unspecified atom stereocenters. The SMILES string of the molecule is Nc1ncnc2c1ncn2[C@]1([C@H]2c3ccccc3C[C@H]2O)O[C@H](CO)[C@@H](O)[C@H]1O. The molecule has 1 aliphatic carbocycles. The fraction of sp³-hybridized carbons (Fsp3) is 0.421. The fourth-order valence-corrected chi connectivity index (χ4v) is 4.76. The van der Waals surface area contributed by atoms with Crippen molar-refractivity contribution in [3.8, 4) is 0 Å². The van der Waals surface area contributed by atoms with Gasteiger partial charge in [-0.3, -0.25) is 4.57 Å². The van der Waals surface area contributed by atoms with E-state index in [9.17, 15) is 20.4 Å². The molecule has 152 valence electrons. The predicted molar refractivity (Wildman–Crippen MR) is 101 cm³/mol. The van der Waals surface area contributed by atoms with Gasteiger partial charge in [0.1, 0.15) is 30.2 Å². The molecule has 6 N–H and O–H groups in total. The van der Waals surface area contributed by atoms with Crippen molar-refractivity contribution < 1.29 is 25.2 Å². The summed E-state index contributed by atoms with van der Waals surface area (Å²) in [6.45, 7) is -0.506. The number of hydrogen-bond donors (Lipinski definition) is 5. The minimum absolute atomic E-state index is 0.156. The molecule has 1 fully saturated rings. The van der Waals surface area contributed by atoms with E-state index in [0.717, 1.165) is 11.1 Å². The lowest BCUT2D eigenvalue weighted by Crippen LogP contribution is -2.52. The van der Waals surface area contributed by atoms with E-state index in [4.69, 9.17) is 10.5 Å². The molecule has 10 nitrogen and oxygen atoms in total. The topological polar surface area (TPSA) is 160 Å². The Hall–Kier alpha value is -2.63. The van der Waals surface area contributed by atoms with Crippen LogP contribution in [-0.2, 0) is 16.9 Å². The van der Waals surface area contributed by atoms with Crippen molar-refractivity contribution in [2.24, 2.45) is 0 Å². The van der Waals surface area contributed by atoms with E-state index in [-0.39, 0.29) is 5.82 Å². The molecule has 1 saturated heterocycles. The standard InChI is InChI=1S/C19H21N5O5/c20-17-14-18(22-7-21-17)24(8-23-14)19(16(28)15(27)12(6-25)29-19)13-10-4-2-1-3-9(10)5-11(13)26/h1-4,7-8,11-13,15-16,25-28H,5-6H2,(H2,20,21,22)/t11-,12-,13+,15-,16-,19-/m1/s1. The Morgan fingerprint density at radius 3 is 2.72 bits per heavy atom. The zero-order chi connectivity index (χ0) is 20.3. The van der Waals surface area contributed by atoms with Gasteiger partial charge in [-0.1, -0.05) is 24.3 Å². The molecule has 1 aromatic carbocycles. The molecule has 0 saturated carbocycles. The number of aliphatic hydroxyl groups is 4. The lowest BCUT2D eigenvalue weighted by molar-refractivity contribution is -0.177. The highest BCUT2D eigenvalue weighted by atomic mass is 16.6. The number of ether oxygens (including phenoxy) is 1. The molecule has 3 aromatic rings. The summed E-state index contributed by atoms with van der Waals surface area (Å²) in [6, 6.07) is 7.47. The van der Waals surface area contributed by atoms with Gasteiger partial charge >= 0.3 is 0 Å². The zero-order valence-electron chi connectivity index (χ0n) is 15.3. The van der Waals surface area contributed by atoms with E-state index in [1.54, 1.807) is 0 Å². The largest absolute Gasteiger partial charge is 0.394 e. The van der Waals surface area contributed by atoms with Crippen LogP contribution >= 0.6 is 0 Å². The van der Waals surface area contributed by atoms with Gasteiger partial charge in [-0.05, 0) is 17.5 Å². The van der Waals surface area contributed by atoms with E-state index in [2.05, 4.69) is 15.0 Å². The summed E-state index contributed by atoms with van der Waals surface area (Å²) >= 11 is 0. The maximum atomic E-state index is 11.2. The van der Waals surface area contributed by atoms with Gasteiger partial charge in [0.15, 0.2) is 17.2 Å². The van der Waals surface area contributed by atoms with Crippen LogP contribution in [0.25, 0.3) is 11.2 Å². The van der Waals surface area contributed by atoms with E-state index in [1.807, 2.05) is 24.3 Å². The first-order valence-corrected chi connectivity index (χ1v) is 9.33. The van der Waals surface area contributed by atoms with E-state index < -0.39 is 42.7 Å². The van der Waals surface area contributed by atoms with Crippen LogP contribution in [0, 0.1) is 0 Å². The van der Waals surface area contributed by atoms with Crippen molar-refractivity contribution in [2.45, 2.75) is 42.5 Å². The van der Waals surface area contributed by atoms with Gasteiger partial charge in [0.2, 0.25) is 0 Å². The summed E-state index contributed by atoms with van der Waals surface area (Å²) in [5.41, 5.74) is 6.56. The average Bonchev–Trinajstić information content (AvgIpc) is 3.37. The number of aromatic nitrogens is 4. The summed E-state index contributed by atoms with van der Waals surface area (Å²) in [5, 5.41) is 42.5. The Kier molecular flexibility index (Phi) is 4.09. The van der Waals surface area contributed by atoms with Crippen LogP contribution in [-0.4, -0.2) is 71.0 Å². The third-order valence-electron chi connectivity index (χ3n) is 6.04. The van der Waals surface area contributed by atoms with Crippen molar-refractivity contribution in [3.05, 3.63) is 48.0 Å². The number of fused-ring (bicyclic) bond motifs is 2. The molecule has 2 aromatic heterocycles. The lowest BCUT2D eigenvalue weighted by Gasteiger charge is -2.40. The van der Waals surface area contributed by atoms with E-state index >= 15 is 0 Å². The van der Waals surface area contributed by atoms with Crippen LogP contribution in [0.4, 0.5) is 5.82 Å². The number of anilines is 1. The van der Waals surface area contributed by atoms with Gasteiger partial charge in [0, 0.05) is 0 Å². The number of benzene rings is 1. The Labute approximate surface area is 165 Å². The molecular formula is C19H21N5O5. The van der Waals surface area contributed by atoms with Gasteiger partial charge in [0.25, 0.3) is 0 Å². The Bertz CT molecular complexity index is 1070. The molecule has 0 spiro atoms. The molecule has 0 amide bonds. The minimum atomic E-state index is -1.66. The molecule has 2 aliphatic rings. The number of aliphatic hydroxyl groups excluding tert-OH is 4. The summed E-state index contributed by atoms with van der Waals surface area (Å²) in [6.07, 6.45) is -1.77. The minimum Gasteiger partial charge on any atom is -0.394 e. The third-order valence-corrected chi connectivity index (χ3v) is 6.04. The maximum Gasteiger partial charge on any atom is 0.185 e. The second-order valence-electron chi connectivity index (χ2n) is 7.52. The lowest BCUT2D eigenvalue weighted by atomic mass is 9.83. The van der Waals surface area contributed by atoms with Crippen LogP contribution < -0.4 is 5.73 Å². The monoisotopic (exact) mass is 399 g/mol. The number of rotatable bonds is 3. The molecule has 29 heavy (non-hydrogen) atoms. The smallest absolute Gasteiger partial charge is 0.185 e. The molecule has 0 radical (unpaired) electrons. The normalized spacial score (nSPS) is 34.0. The van der Waals surface area contributed by atoms with Crippen LogP contribution in [0.15, 0.2) is 36.9 Å². The van der Waals surface area contributed by atoms with Crippen molar-refractivity contribution in [2.75, 3.05) is 12.3 Å². The maximum absolute atomic E-state index is 11.2. The Morgan fingerprint density at radius 2 is 1.97 bits per heavy atom. The number of nitrogens with zero attached hydrogens (tertiary/aromatic N) is 4. The summed E-state index contributed by atoms with van der Waals surface area (Å²) in [4.78, 5) is 12.4. The quantitative estimate of drug-likeness (QED) is 0.367. The highest BCUT2D eigenvalue weighted by molar-refractivity contribution is 5.81. The van der Waals surface area contributed by atoms with Crippen LogP contribution in [0.2, 0.25) is 0 Å². The average molecular weight is 399 g/mol. The molecule has 10 heteroatoms. The first kappa shape index (κ1) is 18.4. The molecule has 0 bridgehead atoms. The summed E-state index contributed by atoms with van der Waals surface area (Å²) in [7, 11) is 0. The van der Waals surface area contributed by atoms with Crippen LogP contribution in [0.5, 0.6) is 0 Å². The van der Waals surface area contributed by atoms with E-state index in [0.29, 0.717) is 17.6 Å². The summed E-state index contributed by atoms with van der Waals surface area (Å²) in [5.74, 6) is -0.587. The highest BCUT2D eigenvalue weighted by Crippen LogP contribution is 2.52. The zero-order valence-corrected chi connectivity index (χ0v) is 15.3. The molecule has 1 aliphatic heterocycles. The van der Waals surface area contributed by atoms with E-state index in [1.165, 1.54) is 17.2 Å². The number of nitrogens with two attached hydrogens (primary N) is 1. The first-order valence-electron chi connectivity index (χ1n) is 9.33. The molecule has 6 atom stereocenters. The number of nitrogen functional groups attached to an aromatic ring is 1.